The summed E-state index contributed by atoms with van der Waals surface area (Å²) in [4.78, 5) is 35.2. The molecule has 0 radical (unpaired) electrons. The van der Waals surface area contributed by atoms with E-state index in [4.69, 9.17) is 9.47 Å². The number of ether oxygens (including phenoxy) is 2. The Morgan fingerprint density at radius 2 is 2.21 bits per heavy atom. The van der Waals surface area contributed by atoms with E-state index >= 15 is 0 Å². The summed E-state index contributed by atoms with van der Waals surface area (Å²) in [6, 6.07) is -1.09. The smallest absolute Gasteiger partial charge is 0.330 e. The van der Waals surface area contributed by atoms with Crippen molar-refractivity contribution in [2.24, 2.45) is 0 Å². The van der Waals surface area contributed by atoms with Gasteiger partial charge in [0.25, 0.3) is 5.91 Å². The number of carbonyl (C=O) groups is 3. The first-order valence-corrected chi connectivity index (χ1v) is 6.47. The molecule has 2 aliphatic heterocycles. The lowest BCUT2D eigenvalue weighted by Crippen LogP contribution is -2.70. The SMILES string of the molecule is CO[C@H]1C(=O)N2C(C(=O)O)C(COC(C)=O)=CSC12. The van der Waals surface area contributed by atoms with Crippen molar-refractivity contribution in [2.45, 2.75) is 24.4 Å². The first-order valence-electron chi connectivity index (χ1n) is 5.53. The number of carboxylic acids is 1. The van der Waals surface area contributed by atoms with Gasteiger partial charge in [0, 0.05) is 19.6 Å². The van der Waals surface area contributed by atoms with E-state index in [9.17, 15) is 19.5 Å². The summed E-state index contributed by atoms with van der Waals surface area (Å²) >= 11 is 1.29. The Balaban J connectivity index is 2.19. The van der Waals surface area contributed by atoms with Crippen LogP contribution in [0.4, 0.5) is 0 Å². The molecule has 2 rings (SSSR count). The van der Waals surface area contributed by atoms with Crippen LogP contribution in [0.15, 0.2) is 11.0 Å². The number of hydrogen-bond donors (Lipinski definition) is 1. The van der Waals surface area contributed by atoms with Gasteiger partial charge in [-0.25, -0.2) is 4.79 Å². The van der Waals surface area contributed by atoms with E-state index in [0.29, 0.717) is 5.57 Å². The van der Waals surface area contributed by atoms with Crippen molar-refractivity contribution in [2.75, 3.05) is 13.7 Å². The molecule has 0 aromatic rings. The largest absolute Gasteiger partial charge is 0.479 e. The second kappa shape index (κ2) is 5.22. The number of carboxylic acid groups (broad SMARTS) is 1. The molecule has 0 aromatic carbocycles. The highest BCUT2D eigenvalue weighted by molar-refractivity contribution is 8.02. The fraction of sp³-hybridized carbons (Fsp3) is 0.545. The lowest BCUT2D eigenvalue weighted by atomic mass is 10.00. The van der Waals surface area contributed by atoms with Crippen LogP contribution < -0.4 is 0 Å². The maximum Gasteiger partial charge on any atom is 0.330 e. The van der Waals surface area contributed by atoms with Crippen molar-refractivity contribution in [3.8, 4) is 0 Å². The van der Waals surface area contributed by atoms with Gasteiger partial charge in [-0.2, -0.15) is 0 Å². The fourth-order valence-electron chi connectivity index (χ4n) is 2.06. The van der Waals surface area contributed by atoms with E-state index in [1.807, 2.05) is 0 Å². The van der Waals surface area contributed by atoms with Crippen molar-refractivity contribution in [1.82, 2.24) is 4.90 Å². The molecular formula is C11H13NO6S. The van der Waals surface area contributed by atoms with Gasteiger partial charge in [-0.1, -0.05) is 0 Å². The summed E-state index contributed by atoms with van der Waals surface area (Å²) < 4.78 is 9.81. The third-order valence-electron chi connectivity index (χ3n) is 2.95. The highest BCUT2D eigenvalue weighted by Gasteiger charge is 2.55. The number of thioether (sulfide) groups is 1. The highest BCUT2D eigenvalue weighted by Crippen LogP contribution is 2.41. The van der Waals surface area contributed by atoms with Gasteiger partial charge in [0.05, 0.1) is 0 Å². The first kappa shape index (κ1) is 13.9. The minimum atomic E-state index is -1.15. The number of methoxy groups -OCH3 is 1. The van der Waals surface area contributed by atoms with Crippen LogP contribution >= 0.6 is 11.8 Å². The molecule has 2 heterocycles. The van der Waals surface area contributed by atoms with Gasteiger partial charge in [0.1, 0.15) is 12.0 Å². The van der Waals surface area contributed by atoms with E-state index in [1.54, 1.807) is 5.41 Å². The molecule has 2 unspecified atom stereocenters. The molecule has 1 N–H and O–H groups in total. The molecular weight excluding hydrogens is 274 g/mol. The lowest BCUT2D eigenvalue weighted by molar-refractivity contribution is -0.172. The van der Waals surface area contributed by atoms with Gasteiger partial charge in [0.15, 0.2) is 12.1 Å². The average molecular weight is 287 g/mol. The van der Waals surface area contributed by atoms with Crippen LogP contribution in [-0.4, -0.2) is 59.1 Å². The third kappa shape index (κ3) is 2.33. The van der Waals surface area contributed by atoms with Crippen molar-refractivity contribution in [1.29, 1.82) is 0 Å². The van der Waals surface area contributed by atoms with Crippen LogP contribution in [0.2, 0.25) is 0 Å². The van der Waals surface area contributed by atoms with E-state index in [0.717, 1.165) is 0 Å². The van der Waals surface area contributed by atoms with Gasteiger partial charge in [-0.3, -0.25) is 9.59 Å². The second-order valence-corrected chi connectivity index (χ2v) is 5.13. The van der Waals surface area contributed by atoms with E-state index < -0.39 is 24.1 Å². The van der Waals surface area contributed by atoms with E-state index in [1.165, 1.54) is 30.7 Å². The number of β-lactam (4-membered cyclic amide) rings is 1. The zero-order valence-electron chi connectivity index (χ0n) is 10.4. The predicted octanol–water partition coefficient (Wildman–Crippen LogP) is -0.183. The molecule has 19 heavy (non-hydrogen) atoms. The minimum absolute atomic E-state index is 0.131. The van der Waals surface area contributed by atoms with Gasteiger partial charge in [0.2, 0.25) is 0 Å². The summed E-state index contributed by atoms with van der Waals surface area (Å²) in [5, 5.41) is 10.5. The standard InChI is InChI=1S/C11H13NO6S/c1-5(13)18-3-6-4-19-10-8(17-2)9(14)12(10)7(6)11(15)16/h4,7-8,10H,3H2,1-2H3,(H,15,16)/t7?,8-,10?/m0/s1. The molecule has 0 bridgehead atoms. The number of aliphatic carboxylic acids is 1. The summed E-state index contributed by atoms with van der Waals surface area (Å²) in [7, 11) is 1.41. The van der Waals surface area contributed by atoms with Crippen LogP contribution in [-0.2, 0) is 23.9 Å². The number of amides is 1. The maximum absolute atomic E-state index is 11.8. The molecule has 0 aliphatic carbocycles. The molecule has 1 saturated heterocycles. The number of esters is 1. The topological polar surface area (TPSA) is 93.1 Å². The summed E-state index contributed by atoms with van der Waals surface area (Å²) in [5.74, 6) is -2.01. The average Bonchev–Trinajstić information content (AvgIpc) is 2.35. The van der Waals surface area contributed by atoms with Gasteiger partial charge in [-0.15, -0.1) is 11.8 Å². The van der Waals surface area contributed by atoms with Crippen LogP contribution in [0.5, 0.6) is 0 Å². The molecule has 7 nitrogen and oxygen atoms in total. The number of nitrogens with zero attached hydrogens (tertiary/aromatic N) is 1. The van der Waals surface area contributed by atoms with E-state index in [-0.39, 0.29) is 17.9 Å². The zero-order valence-corrected chi connectivity index (χ0v) is 11.2. The third-order valence-corrected chi connectivity index (χ3v) is 4.14. The summed E-state index contributed by atoms with van der Waals surface area (Å²) in [6.07, 6.45) is -0.613. The quantitative estimate of drug-likeness (QED) is 0.566. The normalized spacial score (nSPS) is 29.2. The molecule has 104 valence electrons. The van der Waals surface area contributed by atoms with Gasteiger partial charge >= 0.3 is 11.9 Å². The number of fused-ring (bicyclic) bond motifs is 1. The lowest BCUT2D eigenvalue weighted by Gasteiger charge is -2.50. The molecule has 3 atom stereocenters. The zero-order chi connectivity index (χ0) is 14.2. The second-order valence-electron chi connectivity index (χ2n) is 4.14. The first-order chi connectivity index (χ1) is 8.97. The fourth-order valence-corrected chi connectivity index (χ4v) is 3.30. The molecule has 2 aliphatic rings. The Kier molecular flexibility index (Phi) is 3.81. The molecule has 0 spiro atoms. The van der Waals surface area contributed by atoms with E-state index in [2.05, 4.69) is 0 Å². The molecule has 0 saturated carbocycles. The van der Waals surface area contributed by atoms with Gasteiger partial charge < -0.3 is 19.5 Å². The number of hydrogen-bond acceptors (Lipinski definition) is 6. The monoisotopic (exact) mass is 287 g/mol. The van der Waals surface area contributed by atoms with Crippen molar-refractivity contribution in [3.05, 3.63) is 11.0 Å². The maximum atomic E-state index is 11.8. The van der Waals surface area contributed by atoms with Crippen molar-refractivity contribution < 1.29 is 29.0 Å². The van der Waals surface area contributed by atoms with Gasteiger partial charge in [-0.05, 0) is 5.41 Å². The van der Waals surface area contributed by atoms with Crippen LogP contribution in [0.25, 0.3) is 0 Å². The number of carbonyl (C=O) groups excluding carboxylic acids is 2. The molecule has 1 fully saturated rings. The van der Waals surface area contributed by atoms with Crippen molar-refractivity contribution in [3.63, 3.8) is 0 Å². The number of rotatable bonds is 4. The molecule has 1 amide bonds. The Bertz CT molecular complexity index is 462. The summed E-state index contributed by atoms with van der Waals surface area (Å²) in [5.41, 5.74) is 0.381. The Morgan fingerprint density at radius 1 is 1.53 bits per heavy atom. The Hall–Kier alpha value is -1.54. The molecule has 0 aromatic heterocycles. The summed E-state index contributed by atoms with van der Waals surface area (Å²) in [6.45, 7) is 1.11. The molecule has 8 heteroatoms. The van der Waals surface area contributed by atoms with Crippen molar-refractivity contribution >= 4 is 29.6 Å². The highest BCUT2D eigenvalue weighted by atomic mass is 32.2. The van der Waals surface area contributed by atoms with Crippen LogP contribution in [0, 0.1) is 0 Å². The Labute approximate surface area is 113 Å². The predicted molar refractivity (Wildman–Crippen MR) is 65.2 cm³/mol. The van der Waals surface area contributed by atoms with Crippen LogP contribution in [0.1, 0.15) is 6.92 Å². The Morgan fingerprint density at radius 3 is 2.74 bits per heavy atom. The minimum Gasteiger partial charge on any atom is -0.479 e. The van der Waals surface area contributed by atoms with Crippen LogP contribution in [0.3, 0.4) is 0 Å².